The van der Waals surface area contributed by atoms with Gasteiger partial charge in [-0.3, -0.25) is 19.7 Å². The number of rotatable bonds is 10. The Labute approximate surface area is 254 Å². The van der Waals surface area contributed by atoms with Gasteiger partial charge >= 0.3 is 17.9 Å². The van der Waals surface area contributed by atoms with Crippen LogP contribution in [0.3, 0.4) is 0 Å². The topological polar surface area (TPSA) is 164 Å². The molecule has 0 saturated heterocycles. The van der Waals surface area contributed by atoms with Crippen molar-refractivity contribution >= 4 is 45.1 Å². The molecule has 0 bridgehead atoms. The monoisotopic (exact) mass is 618 g/mol. The van der Waals surface area contributed by atoms with E-state index >= 15 is 0 Å². The molecular weight excluding hydrogens is 592 g/mol. The number of carbonyl (C=O) groups excluding carboxylic acids is 3. The van der Waals surface area contributed by atoms with Gasteiger partial charge in [-0.05, 0) is 74.2 Å². The number of carbonyl (C=O) groups is 3. The Kier molecular flexibility index (Phi) is 9.15. The van der Waals surface area contributed by atoms with E-state index in [1.165, 1.54) is 35.6 Å². The second kappa shape index (κ2) is 13.3. The second-order valence-corrected chi connectivity index (χ2v) is 10.9. The maximum atomic E-state index is 13.1. The fraction of sp³-hybridized carbons (Fsp3) is 0.226. The predicted octanol–water partition coefficient (Wildman–Crippen LogP) is 5.96. The molecular formula is C31H26N2O10S. The van der Waals surface area contributed by atoms with Gasteiger partial charge in [-0.25, -0.2) is 9.78 Å². The van der Waals surface area contributed by atoms with E-state index < -0.39 is 28.7 Å². The van der Waals surface area contributed by atoms with E-state index in [0.29, 0.717) is 52.5 Å². The molecule has 1 saturated carbocycles. The number of hydrogen-bond donors (Lipinski definition) is 1. The summed E-state index contributed by atoms with van der Waals surface area (Å²) in [5.41, 5.74) is 0.826. The second-order valence-electron chi connectivity index (χ2n) is 9.88. The lowest BCUT2D eigenvalue weighted by Crippen LogP contribution is -2.30. The zero-order valence-electron chi connectivity index (χ0n) is 23.2. The molecule has 0 radical (unpaired) electrons. The van der Waals surface area contributed by atoms with E-state index in [9.17, 15) is 29.6 Å². The molecule has 1 fully saturated rings. The van der Waals surface area contributed by atoms with Gasteiger partial charge in [-0.15, -0.1) is 11.3 Å². The van der Waals surface area contributed by atoms with Gasteiger partial charge in [0.1, 0.15) is 32.5 Å². The standard InChI is InChI=1S/C31H26N2O10S/c1-2-26(35)41-17-40-22-11-13-23(14-12-22)42-30(36)19-3-5-20(6-4-19)31(37)43-25-16-15-24(34)27-28(25)44-29(32-27)18-7-9-21(10-8-18)33(38)39/h2,7-16,19-20,34H,1,3-6,17H2. The van der Waals surface area contributed by atoms with Crippen molar-refractivity contribution in [3.05, 3.63) is 83.4 Å². The number of nitro benzene ring substituents is 1. The number of hydrogen-bond acceptors (Lipinski definition) is 12. The number of thiazole rings is 1. The highest BCUT2D eigenvalue weighted by atomic mass is 32.1. The third kappa shape index (κ3) is 7.01. The minimum absolute atomic E-state index is 0.0542. The van der Waals surface area contributed by atoms with E-state index in [0.717, 1.165) is 6.08 Å². The van der Waals surface area contributed by atoms with E-state index in [-0.39, 0.29) is 35.4 Å². The van der Waals surface area contributed by atoms with Gasteiger partial charge in [0, 0.05) is 23.8 Å². The summed E-state index contributed by atoms with van der Waals surface area (Å²) in [6.45, 7) is 3.02. The molecule has 1 aliphatic carbocycles. The molecule has 0 amide bonds. The molecule has 4 aromatic rings. The molecule has 0 atom stereocenters. The fourth-order valence-corrected chi connectivity index (χ4v) is 5.72. The van der Waals surface area contributed by atoms with Crippen LogP contribution in [0.25, 0.3) is 20.8 Å². The number of phenols is 1. The van der Waals surface area contributed by atoms with Gasteiger partial charge in [0.15, 0.2) is 5.75 Å². The van der Waals surface area contributed by atoms with Crippen molar-refractivity contribution in [2.24, 2.45) is 11.8 Å². The molecule has 3 aromatic carbocycles. The Bertz CT molecular complexity index is 1710. The molecule has 0 unspecified atom stereocenters. The van der Waals surface area contributed by atoms with Crippen molar-refractivity contribution in [1.29, 1.82) is 0 Å². The Balaban J connectivity index is 1.15. The van der Waals surface area contributed by atoms with Crippen LogP contribution in [0.2, 0.25) is 0 Å². The quantitative estimate of drug-likeness (QED) is 0.0557. The first-order valence-electron chi connectivity index (χ1n) is 13.5. The van der Waals surface area contributed by atoms with Crippen molar-refractivity contribution in [3.8, 4) is 33.6 Å². The van der Waals surface area contributed by atoms with Crippen LogP contribution in [0.5, 0.6) is 23.0 Å². The summed E-state index contributed by atoms with van der Waals surface area (Å²) in [7, 11) is 0. The first kappa shape index (κ1) is 30.2. The normalized spacial score (nSPS) is 16.1. The Morgan fingerprint density at radius 3 is 2.16 bits per heavy atom. The van der Waals surface area contributed by atoms with E-state index in [4.69, 9.17) is 18.9 Å². The van der Waals surface area contributed by atoms with Gasteiger partial charge in [0.05, 0.1) is 16.8 Å². The van der Waals surface area contributed by atoms with Crippen LogP contribution in [-0.4, -0.2) is 39.7 Å². The molecule has 226 valence electrons. The van der Waals surface area contributed by atoms with E-state index in [1.54, 1.807) is 36.4 Å². The molecule has 12 nitrogen and oxygen atoms in total. The lowest BCUT2D eigenvalue weighted by molar-refractivity contribution is -0.384. The summed E-state index contributed by atoms with van der Waals surface area (Å²) in [4.78, 5) is 51.8. The minimum Gasteiger partial charge on any atom is -0.506 e. The maximum absolute atomic E-state index is 13.1. The number of esters is 3. The number of phenolic OH excluding ortho intramolecular Hbond substituents is 1. The van der Waals surface area contributed by atoms with Crippen molar-refractivity contribution in [3.63, 3.8) is 0 Å². The van der Waals surface area contributed by atoms with Crippen molar-refractivity contribution < 1.29 is 43.4 Å². The smallest absolute Gasteiger partial charge is 0.333 e. The van der Waals surface area contributed by atoms with Gasteiger partial charge in [0.25, 0.3) is 5.69 Å². The van der Waals surface area contributed by atoms with Crippen LogP contribution in [0.1, 0.15) is 25.7 Å². The van der Waals surface area contributed by atoms with Crippen LogP contribution >= 0.6 is 11.3 Å². The number of aromatic hydroxyl groups is 1. The van der Waals surface area contributed by atoms with Crippen molar-refractivity contribution in [2.45, 2.75) is 25.7 Å². The zero-order chi connectivity index (χ0) is 31.2. The van der Waals surface area contributed by atoms with Crippen molar-refractivity contribution in [2.75, 3.05) is 6.79 Å². The van der Waals surface area contributed by atoms with Crippen LogP contribution in [-0.2, 0) is 19.1 Å². The fourth-order valence-electron chi connectivity index (χ4n) is 4.67. The maximum Gasteiger partial charge on any atom is 0.333 e. The average molecular weight is 619 g/mol. The number of fused-ring (bicyclic) bond motifs is 1. The SMILES string of the molecule is C=CC(=O)OCOc1ccc(OC(=O)C2CCC(C(=O)Oc3ccc(O)c4nc(-c5ccc([N+](=O)[O-])cc5)sc34)CC2)cc1. The van der Waals surface area contributed by atoms with Crippen molar-refractivity contribution in [1.82, 2.24) is 4.98 Å². The first-order valence-corrected chi connectivity index (χ1v) is 14.4. The molecule has 13 heteroatoms. The van der Waals surface area contributed by atoms with Crippen LogP contribution in [0.4, 0.5) is 5.69 Å². The van der Waals surface area contributed by atoms with Crippen LogP contribution in [0, 0.1) is 22.0 Å². The average Bonchev–Trinajstić information content (AvgIpc) is 3.50. The highest BCUT2D eigenvalue weighted by molar-refractivity contribution is 7.22. The summed E-state index contributed by atoms with van der Waals surface area (Å²) in [6.07, 6.45) is 2.80. The summed E-state index contributed by atoms with van der Waals surface area (Å²) >= 11 is 1.20. The molecule has 0 spiro atoms. The number of ether oxygens (including phenoxy) is 4. The zero-order valence-corrected chi connectivity index (χ0v) is 24.0. The van der Waals surface area contributed by atoms with Crippen LogP contribution in [0.15, 0.2) is 73.3 Å². The molecule has 1 aromatic heterocycles. The largest absolute Gasteiger partial charge is 0.506 e. The van der Waals surface area contributed by atoms with E-state index in [2.05, 4.69) is 11.6 Å². The number of nitrogens with zero attached hydrogens (tertiary/aromatic N) is 2. The van der Waals surface area contributed by atoms with E-state index in [1.807, 2.05) is 0 Å². The number of aromatic nitrogens is 1. The molecule has 0 aliphatic heterocycles. The Morgan fingerprint density at radius 1 is 0.932 bits per heavy atom. The van der Waals surface area contributed by atoms with Gasteiger partial charge in [-0.1, -0.05) is 6.58 Å². The van der Waals surface area contributed by atoms with Gasteiger partial charge < -0.3 is 24.1 Å². The predicted molar refractivity (Wildman–Crippen MR) is 158 cm³/mol. The van der Waals surface area contributed by atoms with Crippen LogP contribution < -0.4 is 14.2 Å². The molecule has 1 N–H and O–H groups in total. The minimum atomic E-state index is -0.605. The number of benzene rings is 3. The highest BCUT2D eigenvalue weighted by Gasteiger charge is 2.32. The Hall–Kier alpha value is -5.30. The highest BCUT2D eigenvalue weighted by Crippen LogP contribution is 2.41. The summed E-state index contributed by atoms with van der Waals surface area (Å²) < 4.78 is 21.8. The lowest BCUT2D eigenvalue weighted by atomic mass is 9.82. The third-order valence-electron chi connectivity index (χ3n) is 7.05. The van der Waals surface area contributed by atoms with Gasteiger partial charge in [0.2, 0.25) is 6.79 Å². The third-order valence-corrected chi connectivity index (χ3v) is 8.17. The van der Waals surface area contributed by atoms with Gasteiger partial charge in [-0.2, -0.15) is 0 Å². The molecule has 44 heavy (non-hydrogen) atoms. The Morgan fingerprint density at radius 2 is 1.55 bits per heavy atom. The lowest BCUT2D eigenvalue weighted by Gasteiger charge is -2.25. The molecule has 5 rings (SSSR count). The first-order chi connectivity index (χ1) is 21.2. The number of non-ortho nitro benzene ring substituents is 1. The molecule has 1 heterocycles. The summed E-state index contributed by atoms with van der Waals surface area (Å²) in [5.74, 6) is -1.31. The number of nitro groups is 1. The summed E-state index contributed by atoms with van der Waals surface area (Å²) in [6, 6.07) is 15.1. The molecule has 1 aliphatic rings. The summed E-state index contributed by atoms with van der Waals surface area (Å²) in [5, 5.41) is 21.8.